The van der Waals surface area contributed by atoms with E-state index < -0.39 is 0 Å². The second-order valence-corrected chi connectivity index (χ2v) is 3.98. The van der Waals surface area contributed by atoms with E-state index in [-0.39, 0.29) is 0 Å². The molecule has 96 valence electrons. The quantitative estimate of drug-likeness (QED) is 0.792. The first-order valence-corrected chi connectivity index (χ1v) is 6.37. The van der Waals surface area contributed by atoms with Gasteiger partial charge in [-0.25, -0.2) is 0 Å². The number of nitrogens with zero attached hydrogens (tertiary/aromatic N) is 2. The molecule has 4 nitrogen and oxygen atoms in total. The number of ether oxygens (including phenoxy) is 1. The summed E-state index contributed by atoms with van der Waals surface area (Å²) >= 11 is 0. The Kier molecular flexibility index (Phi) is 5.60. The highest BCUT2D eigenvalue weighted by molar-refractivity contribution is 5.54. The summed E-state index contributed by atoms with van der Waals surface area (Å²) in [6.07, 6.45) is 2.21. The van der Waals surface area contributed by atoms with Crippen molar-refractivity contribution in [2.24, 2.45) is 0 Å². The van der Waals surface area contributed by atoms with Gasteiger partial charge in [-0.15, -0.1) is 0 Å². The maximum atomic E-state index is 5.82. The van der Waals surface area contributed by atoms with Gasteiger partial charge in [0.2, 0.25) is 5.88 Å². The molecule has 0 aromatic carbocycles. The highest BCUT2D eigenvalue weighted by Crippen LogP contribution is 2.23. The van der Waals surface area contributed by atoms with Gasteiger partial charge in [-0.05, 0) is 31.9 Å². The van der Waals surface area contributed by atoms with Crippen molar-refractivity contribution < 1.29 is 4.74 Å². The lowest BCUT2D eigenvalue weighted by Gasteiger charge is -2.23. The van der Waals surface area contributed by atoms with Gasteiger partial charge in [-0.2, -0.15) is 4.98 Å². The van der Waals surface area contributed by atoms with Crippen LogP contribution in [0.15, 0.2) is 12.1 Å². The van der Waals surface area contributed by atoms with Crippen LogP contribution in [0, 0.1) is 0 Å². The van der Waals surface area contributed by atoms with Crippen LogP contribution in [0.1, 0.15) is 33.6 Å². The summed E-state index contributed by atoms with van der Waals surface area (Å²) in [6.45, 7) is 8.88. The third kappa shape index (κ3) is 3.80. The van der Waals surface area contributed by atoms with E-state index in [0.29, 0.717) is 18.2 Å². The third-order valence-corrected chi connectivity index (χ3v) is 2.47. The molecule has 0 atom stereocenters. The number of nitrogen functional groups attached to an aromatic ring is 1. The van der Waals surface area contributed by atoms with Crippen LogP contribution in [0.3, 0.4) is 0 Å². The second-order valence-electron chi connectivity index (χ2n) is 3.98. The Morgan fingerprint density at radius 2 is 1.82 bits per heavy atom. The van der Waals surface area contributed by atoms with Crippen molar-refractivity contribution in [1.29, 1.82) is 0 Å². The molecular weight excluding hydrogens is 214 g/mol. The first-order chi connectivity index (χ1) is 8.22. The molecule has 1 aromatic heterocycles. The SMILES string of the molecule is CCCN(CCC)c1ccc(N)c(OCC)n1. The minimum atomic E-state index is 0.544. The lowest BCUT2D eigenvalue weighted by atomic mass is 10.3. The maximum Gasteiger partial charge on any atom is 0.239 e. The van der Waals surface area contributed by atoms with Crippen molar-refractivity contribution in [2.45, 2.75) is 33.6 Å². The fraction of sp³-hybridized carbons (Fsp3) is 0.615. The van der Waals surface area contributed by atoms with Crippen molar-refractivity contribution in [3.8, 4) is 5.88 Å². The molecule has 0 amide bonds. The van der Waals surface area contributed by atoms with Gasteiger partial charge < -0.3 is 15.4 Å². The van der Waals surface area contributed by atoms with Crippen LogP contribution in [-0.4, -0.2) is 24.7 Å². The van der Waals surface area contributed by atoms with Crippen molar-refractivity contribution >= 4 is 11.5 Å². The molecule has 0 saturated heterocycles. The van der Waals surface area contributed by atoms with Gasteiger partial charge >= 0.3 is 0 Å². The Hall–Kier alpha value is -1.45. The van der Waals surface area contributed by atoms with Gasteiger partial charge in [0.1, 0.15) is 5.82 Å². The van der Waals surface area contributed by atoms with Crippen LogP contribution in [0.4, 0.5) is 11.5 Å². The van der Waals surface area contributed by atoms with Crippen LogP contribution in [0.2, 0.25) is 0 Å². The van der Waals surface area contributed by atoms with E-state index in [0.717, 1.165) is 31.7 Å². The molecule has 0 bridgehead atoms. The molecule has 0 aliphatic rings. The van der Waals surface area contributed by atoms with Crippen molar-refractivity contribution in [1.82, 2.24) is 4.98 Å². The van der Waals surface area contributed by atoms with E-state index in [1.165, 1.54) is 0 Å². The number of rotatable bonds is 7. The first-order valence-electron chi connectivity index (χ1n) is 6.37. The predicted octanol–water partition coefficient (Wildman–Crippen LogP) is 2.69. The largest absolute Gasteiger partial charge is 0.476 e. The summed E-state index contributed by atoms with van der Waals surface area (Å²) in [5.41, 5.74) is 6.42. The number of hydrogen-bond acceptors (Lipinski definition) is 4. The molecular formula is C13H23N3O. The number of aromatic nitrogens is 1. The summed E-state index contributed by atoms with van der Waals surface area (Å²) in [4.78, 5) is 6.74. The minimum Gasteiger partial charge on any atom is -0.476 e. The molecule has 0 aliphatic heterocycles. The monoisotopic (exact) mass is 237 g/mol. The summed E-state index contributed by atoms with van der Waals surface area (Å²) < 4.78 is 5.42. The van der Waals surface area contributed by atoms with Gasteiger partial charge in [0.15, 0.2) is 0 Å². The fourth-order valence-corrected chi connectivity index (χ4v) is 1.75. The normalized spacial score (nSPS) is 10.3. The topological polar surface area (TPSA) is 51.4 Å². The maximum absolute atomic E-state index is 5.82. The lowest BCUT2D eigenvalue weighted by molar-refractivity contribution is 0.329. The fourth-order valence-electron chi connectivity index (χ4n) is 1.75. The number of nitrogens with two attached hydrogens (primary N) is 1. The summed E-state index contributed by atoms with van der Waals surface area (Å²) in [5, 5.41) is 0. The van der Waals surface area contributed by atoms with Gasteiger partial charge in [-0.1, -0.05) is 13.8 Å². The molecule has 0 fully saturated rings. The zero-order valence-electron chi connectivity index (χ0n) is 11.1. The average molecular weight is 237 g/mol. The molecule has 2 N–H and O–H groups in total. The molecule has 1 heterocycles. The zero-order valence-corrected chi connectivity index (χ0v) is 11.1. The van der Waals surface area contributed by atoms with Crippen LogP contribution < -0.4 is 15.4 Å². The van der Waals surface area contributed by atoms with Gasteiger partial charge in [0.25, 0.3) is 0 Å². The van der Waals surface area contributed by atoms with E-state index in [9.17, 15) is 0 Å². The summed E-state index contributed by atoms with van der Waals surface area (Å²) in [5.74, 6) is 1.49. The highest BCUT2D eigenvalue weighted by Gasteiger charge is 2.09. The molecule has 4 heteroatoms. The van der Waals surface area contributed by atoms with Crippen LogP contribution in [0.25, 0.3) is 0 Å². The third-order valence-electron chi connectivity index (χ3n) is 2.47. The predicted molar refractivity (Wildman–Crippen MR) is 72.6 cm³/mol. The van der Waals surface area contributed by atoms with Crippen molar-refractivity contribution in [3.05, 3.63) is 12.1 Å². The van der Waals surface area contributed by atoms with Gasteiger partial charge in [-0.3, -0.25) is 0 Å². The van der Waals surface area contributed by atoms with E-state index >= 15 is 0 Å². The molecule has 17 heavy (non-hydrogen) atoms. The van der Waals surface area contributed by atoms with Crippen LogP contribution in [-0.2, 0) is 0 Å². The zero-order chi connectivity index (χ0) is 12.7. The van der Waals surface area contributed by atoms with Crippen molar-refractivity contribution in [2.75, 3.05) is 30.3 Å². The minimum absolute atomic E-state index is 0.544. The van der Waals surface area contributed by atoms with Crippen LogP contribution in [0.5, 0.6) is 5.88 Å². The second kappa shape index (κ2) is 6.99. The Balaban J connectivity index is 2.90. The van der Waals surface area contributed by atoms with Gasteiger partial charge in [0.05, 0.1) is 12.3 Å². The van der Waals surface area contributed by atoms with E-state index in [1.807, 2.05) is 19.1 Å². The standard InChI is InChI=1S/C13H23N3O/c1-4-9-16(10-5-2)12-8-7-11(14)13(15-12)17-6-3/h7-8H,4-6,9-10,14H2,1-3H3. The molecule has 1 rings (SSSR count). The molecule has 0 unspecified atom stereocenters. The molecule has 0 spiro atoms. The molecule has 0 saturated carbocycles. The van der Waals surface area contributed by atoms with Crippen molar-refractivity contribution in [3.63, 3.8) is 0 Å². The van der Waals surface area contributed by atoms with E-state index in [1.54, 1.807) is 0 Å². The number of pyridine rings is 1. The van der Waals surface area contributed by atoms with E-state index in [2.05, 4.69) is 23.7 Å². The van der Waals surface area contributed by atoms with Crippen LogP contribution >= 0.6 is 0 Å². The van der Waals surface area contributed by atoms with E-state index in [4.69, 9.17) is 10.5 Å². The Bertz CT molecular complexity index is 335. The summed E-state index contributed by atoms with van der Waals surface area (Å²) in [7, 11) is 0. The number of hydrogen-bond donors (Lipinski definition) is 1. The lowest BCUT2D eigenvalue weighted by Crippen LogP contribution is -2.26. The average Bonchev–Trinajstić information content (AvgIpc) is 2.32. The molecule has 0 radical (unpaired) electrons. The molecule has 0 aliphatic carbocycles. The first kappa shape index (κ1) is 13.6. The Morgan fingerprint density at radius 3 is 2.35 bits per heavy atom. The Labute approximate surface area is 104 Å². The smallest absolute Gasteiger partial charge is 0.239 e. The Morgan fingerprint density at radius 1 is 1.18 bits per heavy atom. The highest BCUT2D eigenvalue weighted by atomic mass is 16.5. The van der Waals surface area contributed by atoms with Gasteiger partial charge in [0, 0.05) is 13.1 Å². The summed E-state index contributed by atoms with van der Waals surface area (Å²) in [6, 6.07) is 3.83. The molecule has 1 aromatic rings. The number of anilines is 2.